The zero-order chi connectivity index (χ0) is 14.4. The molecule has 1 fully saturated rings. The highest BCUT2D eigenvalue weighted by atomic mass is 79.9. The third-order valence-electron chi connectivity index (χ3n) is 3.21. The van der Waals surface area contributed by atoms with Gasteiger partial charge in [-0.3, -0.25) is 0 Å². The summed E-state index contributed by atoms with van der Waals surface area (Å²) in [4.78, 5) is 7.99. The van der Waals surface area contributed by atoms with Crippen LogP contribution in [0.25, 0.3) is 11.0 Å². The first kappa shape index (κ1) is 13.5. The molecule has 2 aromatic heterocycles. The van der Waals surface area contributed by atoms with Crippen molar-refractivity contribution in [3.05, 3.63) is 4.60 Å². The quantitative estimate of drug-likeness (QED) is 0.564. The van der Waals surface area contributed by atoms with Crippen molar-refractivity contribution in [2.45, 2.75) is 24.9 Å². The Bertz CT molecular complexity index is 662. The molecule has 0 unspecified atom stereocenters. The van der Waals surface area contributed by atoms with Crippen LogP contribution in [0.3, 0.4) is 0 Å². The maximum Gasteiger partial charge on any atom is 0.224 e. The van der Waals surface area contributed by atoms with Gasteiger partial charge in [-0.1, -0.05) is 0 Å². The summed E-state index contributed by atoms with van der Waals surface area (Å²) in [5.41, 5.74) is 11.8. The van der Waals surface area contributed by atoms with E-state index >= 15 is 0 Å². The summed E-state index contributed by atoms with van der Waals surface area (Å²) < 4.78 is 7.49. The molecule has 1 aliphatic heterocycles. The molecule has 9 nitrogen and oxygen atoms in total. The molecule has 3 rings (SSSR count). The predicted octanol–water partition coefficient (Wildman–Crippen LogP) is -0.606. The number of hydrogen-bond acceptors (Lipinski definition) is 8. The van der Waals surface area contributed by atoms with Crippen LogP contribution in [0.4, 0.5) is 11.8 Å². The largest absolute Gasteiger partial charge is 0.394 e. The summed E-state index contributed by atoms with van der Waals surface area (Å²) in [5.74, 6) is 0.240. The first-order chi connectivity index (χ1) is 9.51. The Morgan fingerprint density at radius 2 is 2.15 bits per heavy atom. The third kappa shape index (κ3) is 2.00. The van der Waals surface area contributed by atoms with E-state index in [1.807, 2.05) is 0 Å². The first-order valence-electron chi connectivity index (χ1n) is 5.92. The maximum atomic E-state index is 9.79. The molecular weight excluding hydrogens is 332 g/mol. The van der Waals surface area contributed by atoms with E-state index in [9.17, 15) is 5.11 Å². The lowest BCUT2D eigenvalue weighted by Gasteiger charge is -2.12. The van der Waals surface area contributed by atoms with Crippen LogP contribution in [0.5, 0.6) is 0 Å². The highest BCUT2D eigenvalue weighted by Crippen LogP contribution is 2.34. The molecule has 0 aliphatic carbocycles. The molecule has 6 N–H and O–H groups in total. The van der Waals surface area contributed by atoms with Crippen LogP contribution < -0.4 is 11.5 Å². The van der Waals surface area contributed by atoms with E-state index in [4.69, 9.17) is 21.3 Å². The van der Waals surface area contributed by atoms with Crippen LogP contribution in [-0.4, -0.2) is 48.8 Å². The number of anilines is 2. The van der Waals surface area contributed by atoms with E-state index in [1.54, 1.807) is 0 Å². The molecular formula is C10H13BrN6O3. The van der Waals surface area contributed by atoms with Gasteiger partial charge in [0.05, 0.1) is 18.1 Å². The summed E-state index contributed by atoms with van der Waals surface area (Å²) in [6.07, 6.45) is -1.67. The molecule has 0 radical (unpaired) electrons. The second-order valence-electron chi connectivity index (χ2n) is 4.52. The highest BCUT2D eigenvalue weighted by Gasteiger charge is 2.36. The van der Waals surface area contributed by atoms with Crippen molar-refractivity contribution in [2.24, 2.45) is 0 Å². The van der Waals surface area contributed by atoms with Crippen LogP contribution in [0.15, 0.2) is 4.60 Å². The van der Waals surface area contributed by atoms with Gasteiger partial charge in [-0.25, -0.2) is 4.68 Å². The zero-order valence-electron chi connectivity index (χ0n) is 10.3. The van der Waals surface area contributed by atoms with Crippen LogP contribution in [-0.2, 0) is 4.74 Å². The first-order valence-corrected chi connectivity index (χ1v) is 6.71. The average Bonchev–Trinajstić information content (AvgIpc) is 2.90. The fourth-order valence-electron chi connectivity index (χ4n) is 2.27. The minimum Gasteiger partial charge on any atom is -0.394 e. The summed E-state index contributed by atoms with van der Waals surface area (Å²) >= 11 is 3.29. The molecule has 0 spiro atoms. The summed E-state index contributed by atoms with van der Waals surface area (Å²) in [6.45, 7) is -0.267. The van der Waals surface area contributed by atoms with Gasteiger partial charge in [0.2, 0.25) is 5.95 Å². The Morgan fingerprint density at radius 3 is 2.80 bits per heavy atom. The van der Waals surface area contributed by atoms with Gasteiger partial charge in [-0.15, -0.1) is 0 Å². The number of nitrogens with two attached hydrogens (primary N) is 2. The number of halogens is 1. The van der Waals surface area contributed by atoms with Crippen molar-refractivity contribution in [2.75, 3.05) is 18.1 Å². The molecule has 2 aromatic rings. The second-order valence-corrected chi connectivity index (χ2v) is 5.27. The van der Waals surface area contributed by atoms with Crippen LogP contribution in [0.1, 0.15) is 12.6 Å². The maximum absolute atomic E-state index is 9.79. The number of aliphatic hydroxyl groups is 2. The molecule has 0 amide bonds. The number of ether oxygens (including phenoxy) is 1. The summed E-state index contributed by atoms with van der Waals surface area (Å²) in [7, 11) is 0. The van der Waals surface area contributed by atoms with E-state index < -0.39 is 18.4 Å². The lowest BCUT2D eigenvalue weighted by molar-refractivity contribution is -0.0471. The number of rotatable bonds is 2. The minimum absolute atomic E-state index is 0.0286. The SMILES string of the molecule is Nc1nc(N)c2c(Br)nn([C@H]3C[C@@H](O)[C@@H](CO)O3)c2n1. The fraction of sp³-hybridized carbons (Fsp3) is 0.500. The molecule has 0 aromatic carbocycles. The van der Waals surface area contributed by atoms with Crippen LogP contribution in [0, 0.1) is 0 Å². The minimum atomic E-state index is -0.764. The number of fused-ring (bicyclic) bond motifs is 1. The number of aliphatic hydroxyl groups excluding tert-OH is 2. The van der Waals surface area contributed by atoms with Crippen molar-refractivity contribution in [3.63, 3.8) is 0 Å². The fourth-order valence-corrected chi connectivity index (χ4v) is 2.82. The molecule has 0 saturated carbocycles. The van der Waals surface area contributed by atoms with Gasteiger partial charge in [0.15, 0.2) is 11.9 Å². The Hall–Kier alpha value is -1.49. The Balaban J connectivity index is 2.09. The molecule has 0 bridgehead atoms. The summed E-state index contributed by atoms with van der Waals surface area (Å²) in [6, 6.07) is 0. The molecule has 20 heavy (non-hydrogen) atoms. The Morgan fingerprint density at radius 1 is 1.40 bits per heavy atom. The van der Waals surface area contributed by atoms with Gasteiger partial charge in [0.25, 0.3) is 0 Å². The lowest BCUT2D eigenvalue weighted by Crippen LogP contribution is -2.24. The second kappa shape index (κ2) is 4.81. The van der Waals surface area contributed by atoms with E-state index in [-0.39, 0.29) is 24.8 Å². The number of aromatic nitrogens is 4. The number of nitrogens with zero attached hydrogens (tertiary/aromatic N) is 4. The van der Waals surface area contributed by atoms with Gasteiger partial charge in [-0.05, 0) is 15.9 Å². The van der Waals surface area contributed by atoms with Crippen molar-refractivity contribution in [1.29, 1.82) is 0 Å². The molecule has 3 heterocycles. The van der Waals surface area contributed by atoms with Crippen molar-refractivity contribution in [3.8, 4) is 0 Å². The molecule has 1 aliphatic rings. The smallest absolute Gasteiger partial charge is 0.224 e. The average molecular weight is 345 g/mol. The topological polar surface area (TPSA) is 145 Å². The van der Waals surface area contributed by atoms with Crippen molar-refractivity contribution in [1.82, 2.24) is 19.7 Å². The molecule has 10 heteroatoms. The number of hydrogen-bond donors (Lipinski definition) is 4. The van der Waals surface area contributed by atoms with Gasteiger partial charge in [0, 0.05) is 6.42 Å². The van der Waals surface area contributed by atoms with Crippen LogP contribution in [0.2, 0.25) is 0 Å². The van der Waals surface area contributed by atoms with Crippen molar-refractivity contribution >= 4 is 38.7 Å². The standard InChI is InChI=1S/C10H13BrN6O3/c11-7-6-8(12)14-10(13)15-9(6)17(16-7)5-1-3(19)4(2-18)20-5/h3-5,18-19H,1-2H2,(H4,12,13,14,15)/t3-,4-,5-/m1/s1. The van der Waals surface area contributed by atoms with E-state index in [2.05, 4.69) is 31.0 Å². The summed E-state index contributed by atoms with van der Waals surface area (Å²) in [5, 5.41) is 23.7. The van der Waals surface area contributed by atoms with Crippen LogP contribution >= 0.6 is 15.9 Å². The van der Waals surface area contributed by atoms with Gasteiger partial charge < -0.3 is 26.4 Å². The highest BCUT2D eigenvalue weighted by molar-refractivity contribution is 9.10. The van der Waals surface area contributed by atoms with Crippen molar-refractivity contribution < 1.29 is 14.9 Å². The Kier molecular flexibility index (Phi) is 3.24. The van der Waals surface area contributed by atoms with Gasteiger partial charge in [0.1, 0.15) is 16.5 Å². The number of nitrogen functional groups attached to an aromatic ring is 2. The Labute approximate surface area is 121 Å². The third-order valence-corrected chi connectivity index (χ3v) is 3.77. The molecule has 108 valence electrons. The monoisotopic (exact) mass is 344 g/mol. The molecule has 3 atom stereocenters. The normalized spacial score (nSPS) is 26.4. The van der Waals surface area contributed by atoms with Gasteiger partial charge >= 0.3 is 0 Å². The van der Waals surface area contributed by atoms with E-state index in [0.29, 0.717) is 15.6 Å². The van der Waals surface area contributed by atoms with E-state index in [0.717, 1.165) is 0 Å². The predicted molar refractivity (Wildman–Crippen MR) is 73.5 cm³/mol. The van der Waals surface area contributed by atoms with E-state index in [1.165, 1.54) is 4.68 Å². The van der Waals surface area contributed by atoms with Gasteiger partial charge in [-0.2, -0.15) is 15.1 Å². The zero-order valence-corrected chi connectivity index (χ0v) is 11.9. The molecule has 1 saturated heterocycles. The lowest BCUT2D eigenvalue weighted by atomic mass is 10.2.